The Morgan fingerprint density at radius 3 is 2.48 bits per heavy atom. The predicted octanol–water partition coefficient (Wildman–Crippen LogP) is 3.17. The van der Waals surface area contributed by atoms with Gasteiger partial charge in [0.2, 0.25) is 12.7 Å². The zero-order chi connectivity index (χ0) is 21.2. The summed E-state index contributed by atoms with van der Waals surface area (Å²) in [5, 5.41) is 6.20. The number of benzene rings is 2. The molecule has 5 rings (SSSR count). The fraction of sp³-hybridized carbons (Fsp3) is 0.417. The van der Waals surface area contributed by atoms with Gasteiger partial charge in [0.1, 0.15) is 0 Å². The number of fused-ring (bicyclic) bond motifs is 3. The Morgan fingerprint density at radius 1 is 0.968 bits per heavy atom. The van der Waals surface area contributed by atoms with E-state index in [1.54, 1.807) is 18.2 Å². The zero-order valence-electron chi connectivity index (χ0n) is 17.4. The molecule has 2 N–H and O–H groups in total. The number of hydrogen-bond donors (Lipinski definition) is 2. The van der Waals surface area contributed by atoms with E-state index in [0.29, 0.717) is 35.7 Å². The predicted molar refractivity (Wildman–Crippen MR) is 116 cm³/mol. The van der Waals surface area contributed by atoms with Crippen molar-refractivity contribution in [2.45, 2.75) is 50.2 Å². The van der Waals surface area contributed by atoms with Crippen LogP contribution < -0.4 is 20.1 Å². The first-order chi connectivity index (χ1) is 15.2. The maximum atomic E-state index is 12.8. The Bertz CT molecular complexity index is 951. The van der Waals surface area contributed by atoms with Crippen molar-refractivity contribution in [2.24, 2.45) is 0 Å². The van der Waals surface area contributed by atoms with Crippen molar-refractivity contribution in [3.8, 4) is 11.5 Å². The standard InChI is InChI=1S/C24H27N3O4/c28-23(25-17-5-2-1-3-6-17)14-27-19-7-4-8-20(27)13-18(12-19)26-24(29)16-9-10-21-22(11-16)31-15-30-21/h1-3,5-6,9-11,18-20H,4,7-8,12-15H2,(H,25,28)(H,26,29). The molecule has 3 aliphatic rings. The molecule has 0 saturated carbocycles. The van der Waals surface area contributed by atoms with Gasteiger partial charge in [0.05, 0.1) is 6.54 Å². The number of carbonyl (C=O) groups is 2. The maximum Gasteiger partial charge on any atom is 0.251 e. The van der Waals surface area contributed by atoms with Gasteiger partial charge >= 0.3 is 0 Å². The Balaban J connectivity index is 1.20. The molecule has 31 heavy (non-hydrogen) atoms. The Morgan fingerprint density at radius 2 is 1.71 bits per heavy atom. The lowest BCUT2D eigenvalue weighted by molar-refractivity contribution is -0.120. The van der Waals surface area contributed by atoms with Gasteiger partial charge < -0.3 is 20.1 Å². The molecule has 0 aromatic heterocycles. The summed E-state index contributed by atoms with van der Waals surface area (Å²) in [6.07, 6.45) is 5.03. The highest BCUT2D eigenvalue weighted by atomic mass is 16.7. The van der Waals surface area contributed by atoms with Gasteiger partial charge in [-0.1, -0.05) is 24.6 Å². The number of carbonyl (C=O) groups excluding carboxylic acids is 2. The first-order valence-electron chi connectivity index (χ1n) is 11.0. The summed E-state index contributed by atoms with van der Waals surface area (Å²) >= 11 is 0. The van der Waals surface area contributed by atoms with Crippen LogP contribution in [0.25, 0.3) is 0 Å². The van der Waals surface area contributed by atoms with Crippen molar-refractivity contribution in [3.63, 3.8) is 0 Å². The van der Waals surface area contributed by atoms with Gasteiger partial charge in [-0.05, 0) is 56.0 Å². The van der Waals surface area contributed by atoms with Gasteiger partial charge in [-0.2, -0.15) is 0 Å². The number of anilines is 1. The highest BCUT2D eigenvalue weighted by Gasteiger charge is 2.39. The van der Waals surface area contributed by atoms with Crippen molar-refractivity contribution in [1.29, 1.82) is 0 Å². The molecule has 7 nitrogen and oxygen atoms in total. The minimum atomic E-state index is -0.0864. The number of amides is 2. The lowest BCUT2D eigenvalue weighted by Gasteiger charge is -2.48. The molecule has 2 aromatic rings. The third-order valence-electron chi connectivity index (χ3n) is 6.48. The molecular formula is C24H27N3O4. The van der Waals surface area contributed by atoms with E-state index < -0.39 is 0 Å². The zero-order valence-corrected chi connectivity index (χ0v) is 17.4. The lowest BCUT2D eigenvalue weighted by Crippen LogP contribution is -2.58. The van der Waals surface area contributed by atoms with Crippen molar-refractivity contribution < 1.29 is 19.1 Å². The quantitative estimate of drug-likeness (QED) is 0.775. The number of nitrogens with zero attached hydrogens (tertiary/aromatic N) is 1. The molecule has 2 fully saturated rings. The monoisotopic (exact) mass is 421 g/mol. The van der Waals surface area contributed by atoms with Crippen LogP contribution in [-0.2, 0) is 4.79 Å². The second-order valence-corrected chi connectivity index (χ2v) is 8.53. The minimum absolute atomic E-state index is 0.0194. The minimum Gasteiger partial charge on any atom is -0.454 e. The molecule has 2 unspecified atom stereocenters. The molecule has 3 aliphatic heterocycles. The van der Waals surface area contributed by atoms with E-state index in [2.05, 4.69) is 15.5 Å². The van der Waals surface area contributed by atoms with Crippen LogP contribution in [0.1, 0.15) is 42.5 Å². The van der Waals surface area contributed by atoms with Gasteiger partial charge in [0, 0.05) is 29.4 Å². The van der Waals surface area contributed by atoms with Crippen LogP contribution >= 0.6 is 0 Å². The fourth-order valence-corrected chi connectivity index (χ4v) is 5.05. The second-order valence-electron chi connectivity index (χ2n) is 8.53. The normalized spacial score (nSPS) is 24.5. The Kier molecular flexibility index (Phi) is 5.51. The molecule has 2 saturated heterocycles. The summed E-state index contributed by atoms with van der Waals surface area (Å²) in [4.78, 5) is 27.8. The first kappa shape index (κ1) is 19.9. The molecular weight excluding hydrogens is 394 g/mol. The number of nitrogens with one attached hydrogen (secondary N) is 2. The van der Waals surface area contributed by atoms with Crippen molar-refractivity contribution in [3.05, 3.63) is 54.1 Å². The third-order valence-corrected chi connectivity index (χ3v) is 6.48. The topological polar surface area (TPSA) is 79.9 Å². The number of para-hydroxylation sites is 1. The van der Waals surface area contributed by atoms with Crippen LogP contribution in [-0.4, -0.2) is 48.2 Å². The van der Waals surface area contributed by atoms with Crippen molar-refractivity contribution in [2.75, 3.05) is 18.7 Å². The van der Waals surface area contributed by atoms with E-state index in [1.807, 2.05) is 30.3 Å². The smallest absolute Gasteiger partial charge is 0.251 e. The number of hydrogen-bond acceptors (Lipinski definition) is 5. The molecule has 3 heterocycles. The van der Waals surface area contributed by atoms with Crippen molar-refractivity contribution in [1.82, 2.24) is 10.2 Å². The molecule has 2 bridgehead atoms. The Hall–Kier alpha value is -3.06. The molecule has 7 heteroatoms. The summed E-state index contributed by atoms with van der Waals surface area (Å²) < 4.78 is 10.7. The molecule has 0 radical (unpaired) electrons. The van der Waals surface area contributed by atoms with E-state index in [4.69, 9.17) is 9.47 Å². The fourth-order valence-electron chi connectivity index (χ4n) is 5.05. The molecule has 0 spiro atoms. The van der Waals surface area contributed by atoms with Crippen LogP contribution in [0.15, 0.2) is 48.5 Å². The van der Waals surface area contributed by atoms with E-state index in [-0.39, 0.29) is 24.6 Å². The Labute approximate surface area is 181 Å². The highest BCUT2D eigenvalue weighted by molar-refractivity contribution is 5.95. The number of piperidine rings is 2. The summed E-state index contributed by atoms with van der Waals surface area (Å²) in [6.45, 7) is 0.590. The van der Waals surface area contributed by atoms with Crippen molar-refractivity contribution >= 4 is 17.5 Å². The van der Waals surface area contributed by atoms with Gasteiger partial charge in [0.15, 0.2) is 11.5 Å². The highest BCUT2D eigenvalue weighted by Crippen LogP contribution is 2.35. The lowest BCUT2D eigenvalue weighted by atomic mass is 9.81. The molecule has 2 aromatic carbocycles. The molecule has 162 valence electrons. The van der Waals surface area contributed by atoms with Crippen LogP contribution in [0.5, 0.6) is 11.5 Å². The van der Waals surface area contributed by atoms with Crippen LogP contribution in [0, 0.1) is 0 Å². The maximum absolute atomic E-state index is 12.8. The first-order valence-corrected chi connectivity index (χ1v) is 11.0. The van der Waals surface area contributed by atoms with Gasteiger partial charge in [-0.25, -0.2) is 0 Å². The number of ether oxygens (including phenoxy) is 2. The SMILES string of the molecule is O=C(CN1C2CCCC1CC(NC(=O)c1ccc3c(c1)OCO3)C2)Nc1ccccc1. The van der Waals surface area contributed by atoms with Crippen LogP contribution in [0.4, 0.5) is 5.69 Å². The van der Waals surface area contributed by atoms with E-state index in [9.17, 15) is 9.59 Å². The number of rotatable bonds is 5. The van der Waals surface area contributed by atoms with E-state index in [0.717, 1.165) is 31.4 Å². The second kappa shape index (κ2) is 8.59. The summed E-state index contributed by atoms with van der Waals surface area (Å²) in [7, 11) is 0. The van der Waals surface area contributed by atoms with Crippen LogP contribution in [0.2, 0.25) is 0 Å². The summed E-state index contributed by atoms with van der Waals surface area (Å²) in [5.41, 5.74) is 1.41. The van der Waals surface area contributed by atoms with E-state index >= 15 is 0 Å². The van der Waals surface area contributed by atoms with E-state index in [1.165, 1.54) is 6.42 Å². The molecule has 2 atom stereocenters. The summed E-state index contributed by atoms with van der Waals surface area (Å²) in [5.74, 6) is 1.22. The van der Waals surface area contributed by atoms with Crippen LogP contribution in [0.3, 0.4) is 0 Å². The molecule has 2 amide bonds. The van der Waals surface area contributed by atoms with Gasteiger partial charge in [0.25, 0.3) is 5.91 Å². The van der Waals surface area contributed by atoms with Gasteiger partial charge in [-0.15, -0.1) is 0 Å². The molecule has 0 aliphatic carbocycles. The average Bonchev–Trinajstić information content (AvgIpc) is 3.23. The third kappa shape index (κ3) is 4.37. The largest absolute Gasteiger partial charge is 0.454 e. The average molecular weight is 421 g/mol. The van der Waals surface area contributed by atoms with Gasteiger partial charge in [-0.3, -0.25) is 14.5 Å². The summed E-state index contributed by atoms with van der Waals surface area (Å²) in [6, 6.07) is 15.6.